The molecule has 2 atom stereocenters. The molecule has 0 unspecified atom stereocenters. The molecule has 0 bridgehead atoms. The topological polar surface area (TPSA) is 116 Å². The maximum absolute atomic E-state index is 10.8. The van der Waals surface area contributed by atoms with Crippen LogP contribution in [0.25, 0.3) is 0 Å². The van der Waals surface area contributed by atoms with Gasteiger partial charge in [-0.15, -0.1) is 0 Å². The van der Waals surface area contributed by atoms with Crippen molar-refractivity contribution in [3.8, 4) is 6.07 Å². The Balaban J connectivity index is 2.45. The summed E-state index contributed by atoms with van der Waals surface area (Å²) in [6.07, 6.45) is 1.53. The fourth-order valence-electron chi connectivity index (χ4n) is 2.15. The zero-order valence-electron chi connectivity index (χ0n) is 8.38. The van der Waals surface area contributed by atoms with Gasteiger partial charge in [-0.05, 0) is 12.8 Å². The first-order valence-corrected chi connectivity index (χ1v) is 4.96. The molecule has 84 valence electrons. The molecule has 7 heteroatoms. The summed E-state index contributed by atoms with van der Waals surface area (Å²) < 4.78 is 0. The highest BCUT2D eigenvalue weighted by molar-refractivity contribution is 5.49. The van der Waals surface area contributed by atoms with Gasteiger partial charge in [0, 0.05) is 5.92 Å². The molecule has 1 heterocycles. The second-order valence-corrected chi connectivity index (χ2v) is 3.81. The third-order valence-electron chi connectivity index (χ3n) is 2.91. The van der Waals surface area contributed by atoms with Crippen molar-refractivity contribution in [2.24, 2.45) is 0 Å². The number of rotatable bonds is 2. The van der Waals surface area contributed by atoms with E-state index in [9.17, 15) is 15.2 Å². The number of H-pyrrole nitrogens is 1. The van der Waals surface area contributed by atoms with Crippen molar-refractivity contribution in [2.75, 3.05) is 0 Å². The van der Waals surface area contributed by atoms with Gasteiger partial charge in [0.05, 0.1) is 11.0 Å². The predicted octanol–water partition coefficient (Wildman–Crippen LogP) is 0.818. The first-order chi connectivity index (χ1) is 7.65. The number of nitriles is 1. The summed E-state index contributed by atoms with van der Waals surface area (Å²) in [6.45, 7) is 0. The van der Waals surface area contributed by atoms with E-state index in [2.05, 4.69) is 10.2 Å². The van der Waals surface area contributed by atoms with Crippen LogP contribution in [0.4, 0.5) is 5.69 Å². The van der Waals surface area contributed by atoms with E-state index in [0.29, 0.717) is 12.8 Å². The fraction of sp³-hybridized carbons (Fsp3) is 0.556. The Hall–Kier alpha value is -1.94. The summed E-state index contributed by atoms with van der Waals surface area (Å²) in [7, 11) is 0. The van der Waals surface area contributed by atoms with Crippen molar-refractivity contribution in [1.29, 1.82) is 5.26 Å². The molecule has 16 heavy (non-hydrogen) atoms. The van der Waals surface area contributed by atoms with E-state index in [0.717, 1.165) is 6.42 Å². The number of aliphatic hydroxyl groups is 1. The van der Waals surface area contributed by atoms with Crippen molar-refractivity contribution in [1.82, 2.24) is 10.2 Å². The van der Waals surface area contributed by atoms with Crippen LogP contribution in [-0.4, -0.2) is 26.3 Å². The monoisotopic (exact) mass is 222 g/mol. The molecule has 1 aromatic heterocycles. The third kappa shape index (κ3) is 1.53. The number of hydrogen-bond acceptors (Lipinski definition) is 5. The Morgan fingerprint density at radius 1 is 1.62 bits per heavy atom. The van der Waals surface area contributed by atoms with Gasteiger partial charge in [0.1, 0.15) is 11.8 Å². The molecule has 0 aliphatic heterocycles. The summed E-state index contributed by atoms with van der Waals surface area (Å²) >= 11 is 0. The molecular formula is C9H10N4O3. The van der Waals surface area contributed by atoms with Gasteiger partial charge in [-0.3, -0.25) is 15.2 Å². The van der Waals surface area contributed by atoms with Crippen LogP contribution in [0, 0.1) is 21.4 Å². The molecule has 0 spiro atoms. The standard InChI is InChI=1S/C9H10N4O3/c10-4-6-9(13(15)16)8(12-11-6)5-2-1-3-7(5)14/h5,7,14H,1-3H2,(H,11,12)/t5-,7-/m1/s1. The minimum Gasteiger partial charge on any atom is -0.392 e. The molecule has 1 aromatic rings. The van der Waals surface area contributed by atoms with Gasteiger partial charge in [0.15, 0.2) is 0 Å². The van der Waals surface area contributed by atoms with Gasteiger partial charge < -0.3 is 5.11 Å². The van der Waals surface area contributed by atoms with Crippen LogP contribution in [0.3, 0.4) is 0 Å². The molecule has 1 aliphatic carbocycles. The lowest BCUT2D eigenvalue weighted by atomic mass is 10.0. The fourth-order valence-corrected chi connectivity index (χ4v) is 2.15. The number of aromatic amines is 1. The van der Waals surface area contributed by atoms with E-state index in [4.69, 9.17) is 5.26 Å². The Labute approximate surface area is 90.9 Å². The first-order valence-electron chi connectivity index (χ1n) is 4.96. The SMILES string of the molecule is N#Cc1n[nH]c([C@@H]2CCC[C@H]2O)c1[N+](=O)[O-]. The molecule has 2 N–H and O–H groups in total. The highest BCUT2D eigenvalue weighted by Crippen LogP contribution is 2.38. The summed E-state index contributed by atoms with van der Waals surface area (Å²) in [5.74, 6) is -0.310. The Kier molecular flexibility index (Phi) is 2.58. The second-order valence-electron chi connectivity index (χ2n) is 3.81. The zero-order valence-corrected chi connectivity index (χ0v) is 8.38. The number of nitrogens with one attached hydrogen (secondary N) is 1. The van der Waals surface area contributed by atoms with Gasteiger partial charge in [0.2, 0.25) is 5.69 Å². The molecule has 2 rings (SSSR count). The molecule has 1 saturated carbocycles. The molecule has 0 radical (unpaired) electrons. The van der Waals surface area contributed by atoms with Crippen LogP contribution in [-0.2, 0) is 0 Å². The van der Waals surface area contributed by atoms with Crippen LogP contribution >= 0.6 is 0 Å². The molecule has 1 fully saturated rings. The number of aromatic nitrogens is 2. The van der Waals surface area contributed by atoms with Gasteiger partial charge in [0.25, 0.3) is 0 Å². The lowest BCUT2D eigenvalue weighted by molar-refractivity contribution is -0.386. The van der Waals surface area contributed by atoms with Crippen molar-refractivity contribution < 1.29 is 10.0 Å². The Morgan fingerprint density at radius 2 is 2.38 bits per heavy atom. The molecule has 0 aromatic carbocycles. The Bertz CT molecular complexity index is 462. The van der Waals surface area contributed by atoms with Crippen LogP contribution in [0.5, 0.6) is 0 Å². The van der Waals surface area contributed by atoms with E-state index in [1.807, 2.05) is 0 Å². The number of hydrogen-bond donors (Lipinski definition) is 2. The van der Waals surface area contributed by atoms with Gasteiger partial charge in [-0.1, -0.05) is 6.42 Å². The van der Waals surface area contributed by atoms with Crippen LogP contribution < -0.4 is 0 Å². The number of nitro groups is 1. The summed E-state index contributed by atoms with van der Waals surface area (Å²) in [4.78, 5) is 10.2. The van der Waals surface area contributed by atoms with Gasteiger partial charge in [-0.25, -0.2) is 0 Å². The van der Waals surface area contributed by atoms with E-state index in [1.54, 1.807) is 6.07 Å². The van der Waals surface area contributed by atoms with Crippen LogP contribution in [0.1, 0.15) is 36.6 Å². The van der Waals surface area contributed by atoms with Crippen LogP contribution in [0.15, 0.2) is 0 Å². The lowest BCUT2D eigenvalue weighted by Crippen LogP contribution is -2.12. The van der Waals surface area contributed by atoms with Crippen molar-refractivity contribution >= 4 is 5.69 Å². The smallest absolute Gasteiger partial charge is 0.328 e. The van der Waals surface area contributed by atoms with Crippen LogP contribution in [0.2, 0.25) is 0 Å². The van der Waals surface area contributed by atoms with Gasteiger partial charge in [-0.2, -0.15) is 10.4 Å². The molecule has 7 nitrogen and oxygen atoms in total. The van der Waals surface area contributed by atoms with Crippen molar-refractivity contribution in [3.63, 3.8) is 0 Å². The minimum absolute atomic E-state index is 0.223. The lowest BCUT2D eigenvalue weighted by Gasteiger charge is -2.10. The van der Waals surface area contributed by atoms with E-state index < -0.39 is 11.0 Å². The summed E-state index contributed by atoms with van der Waals surface area (Å²) in [5.41, 5.74) is -0.251. The minimum atomic E-state index is -0.623. The summed E-state index contributed by atoms with van der Waals surface area (Å²) in [5, 5.41) is 35.3. The van der Waals surface area contributed by atoms with E-state index >= 15 is 0 Å². The molecular weight excluding hydrogens is 212 g/mol. The maximum Gasteiger partial charge on any atom is 0.328 e. The average molecular weight is 222 g/mol. The van der Waals surface area contributed by atoms with Crippen molar-refractivity contribution in [2.45, 2.75) is 31.3 Å². The predicted molar refractivity (Wildman–Crippen MR) is 52.6 cm³/mol. The molecule has 0 saturated heterocycles. The largest absolute Gasteiger partial charge is 0.392 e. The van der Waals surface area contributed by atoms with E-state index in [-0.39, 0.29) is 23.0 Å². The van der Waals surface area contributed by atoms with Gasteiger partial charge >= 0.3 is 5.69 Å². The Morgan fingerprint density at radius 3 is 2.88 bits per heavy atom. The zero-order chi connectivity index (χ0) is 11.7. The highest BCUT2D eigenvalue weighted by Gasteiger charge is 2.36. The number of nitrogens with zero attached hydrogens (tertiary/aromatic N) is 3. The third-order valence-corrected chi connectivity index (χ3v) is 2.91. The summed E-state index contributed by atoms with van der Waals surface area (Å²) in [6, 6.07) is 1.67. The normalized spacial score (nSPS) is 24.2. The second kappa shape index (κ2) is 3.90. The van der Waals surface area contributed by atoms with E-state index in [1.165, 1.54) is 0 Å². The maximum atomic E-state index is 10.8. The average Bonchev–Trinajstić information content (AvgIpc) is 2.82. The first kappa shape index (κ1) is 10.6. The molecule has 1 aliphatic rings. The quantitative estimate of drug-likeness (QED) is 0.567. The van der Waals surface area contributed by atoms with Crippen molar-refractivity contribution in [3.05, 3.63) is 21.5 Å². The molecule has 0 amide bonds. The highest BCUT2D eigenvalue weighted by atomic mass is 16.6. The number of aliphatic hydroxyl groups excluding tert-OH is 1.